The van der Waals surface area contributed by atoms with Gasteiger partial charge in [0.15, 0.2) is 0 Å². The summed E-state index contributed by atoms with van der Waals surface area (Å²) in [6.45, 7) is 4.97. The molecule has 0 saturated heterocycles. The largest absolute Gasteiger partial charge is 0.396 e. The molecule has 3 nitrogen and oxygen atoms in total. The minimum Gasteiger partial charge on any atom is -0.396 e. The summed E-state index contributed by atoms with van der Waals surface area (Å²) in [5.74, 6) is 0. The third-order valence-corrected chi connectivity index (χ3v) is 3.94. The van der Waals surface area contributed by atoms with Crippen LogP contribution in [0.15, 0.2) is 28.7 Å². The summed E-state index contributed by atoms with van der Waals surface area (Å²) < 4.78 is 3.10. The van der Waals surface area contributed by atoms with Gasteiger partial charge in [0.2, 0.25) is 0 Å². The fraction of sp³-hybridized carbons (Fsp3) is 0.357. The first-order valence-electron chi connectivity index (χ1n) is 6.00. The predicted octanol–water partition coefficient (Wildman–Crippen LogP) is 2.85. The monoisotopic (exact) mass is 308 g/mol. The molecule has 1 aromatic heterocycles. The predicted molar refractivity (Wildman–Crippen MR) is 75.7 cm³/mol. The molecule has 0 aliphatic rings. The van der Waals surface area contributed by atoms with E-state index in [0.29, 0.717) is 6.42 Å². The highest BCUT2D eigenvalue weighted by Gasteiger charge is 2.11. The summed E-state index contributed by atoms with van der Waals surface area (Å²) in [5.41, 5.74) is 4.51. The van der Waals surface area contributed by atoms with Crippen LogP contribution in [0.25, 0.3) is 0 Å². The van der Waals surface area contributed by atoms with Gasteiger partial charge in [0.05, 0.1) is 12.2 Å². The molecule has 1 heterocycles. The van der Waals surface area contributed by atoms with Crippen molar-refractivity contribution in [1.82, 2.24) is 9.78 Å². The fourth-order valence-corrected chi connectivity index (χ4v) is 2.56. The van der Waals surface area contributed by atoms with E-state index >= 15 is 0 Å². The Morgan fingerprint density at radius 3 is 2.67 bits per heavy atom. The lowest BCUT2D eigenvalue weighted by Gasteiger charge is -2.07. The van der Waals surface area contributed by atoms with E-state index in [4.69, 9.17) is 5.11 Å². The second kappa shape index (κ2) is 5.67. The molecule has 0 unspecified atom stereocenters. The average Bonchev–Trinajstić information content (AvgIpc) is 2.60. The number of aryl methyl sites for hydroxylation is 1. The first-order chi connectivity index (χ1) is 8.63. The lowest BCUT2D eigenvalue weighted by molar-refractivity contribution is 0.299. The molecular weight excluding hydrogens is 292 g/mol. The SMILES string of the molecule is Cc1nn(Cc2ccccc2Br)c(C)c1CCO. The van der Waals surface area contributed by atoms with Crippen LogP contribution >= 0.6 is 15.9 Å². The number of rotatable bonds is 4. The molecule has 1 aromatic carbocycles. The molecule has 96 valence electrons. The van der Waals surface area contributed by atoms with Crippen LogP contribution in [-0.2, 0) is 13.0 Å². The fourth-order valence-electron chi connectivity index (χ4n) is 2.15. The highest BCUT2D eigenvalue weighted by atomic mass is 79.9. The van der Waals surface area contributed by atoms with Crippen molar-refractivity contribution in [2.75, 3.05) is 6.61 Å². The van der Waals surface area contributed by atoms with Crippen LogP contribution in [-0.4, -0.2) is 21.5 Å². The van der Waals surface area contributed by atoms with Gasteiger partial charge in [0.25, 0.3) is 0 Å². The van der Waals surface area contributed by atoms with Crippen LogP contribution in [0.1, 0.15) is 22.5 Å². The van der Waals surface area contributed by atoms with E-state index in [9.17, 15) is 0 Å². The van der Waals surface area contributed by atoms with Gasteiger partial charge in [0.1, 0.15) is 0 Å². The molecule has 1 N–H and O–H groups in total. The van der Waals surface area contributed by atoms with Gasteiger partial charge in [-0.3, -0.25) is 4.68 Å². The summed E-state index contributed by atoms with van der Waals surface area (Å²) in [7, 11) is 0. The lowest BCUT2D eigenvalue weighted by atomic mass is 10.1. The average molecular weight is 309 g/mol. The molecule has 4 heteroatoms. The molecule has 0 amide bonds. The van der Waals surface area contributed by atoms with Gasteiger partial charge in [-0.15, -0.1) is 0 Å². The van der Waals surface area contributed by atoms with Gasteiger partial charge >= 0.3 is 0 Å². The van der Waals surface area contributed by atoms with Crippen molar-refractivity contribution in [2.45, 2.75) is 26.8 Å². The number of hydrogen-bond acceptors (Lipinski definition) is 2. The summed E-state index contributed by atoms with van der Waals surface area (Å²) in [4.78, 5) is 0. The number of hydrogen-bond donors (Lipinski definition) is 1. The molecule has 18 heavy (non-hydrogen) atoms. The van der Waals surface area contributed by atoms with Gasteiger partial charge in [-0.05, 0) is 37.5 Å². The summed E-state index contributed by atoms with van der Waals surface area (Å²) in [6, 6.07) is 8.16. The molecule has 0 spiro atoms. The maximum Gasteiger partial charge on any atom is 0.0673 e. The second-order valence-electron chi connectivity index (χ2n) is 4.37. The third kappa shape index (κ3) is 2.65. The zero-order valence-corrected chi connectivity index (χ0v) is 12.2. The zero-order valence-electron chi connectivity index (χ0n) is 10.7. The molecule has 0 fully saturated rings. The molecule has 0 radical (unpaired) electrons. The van der Waals surface area contributed by atoms with Crippen LogP contribution in [0, 0.1) is 13.8 Å². The van der Waals surface area contributed by atoms with Crippen LogP contribution in [0.5, 0.6) is 0 Å². The number of aromatic nitrogens is 2. The zero-order chi connectivity index (χ0) is 13.1. The highest BCUT2D eigenvalue weighted by Crippen LogP contribution is 2.20. The van der Waals surface area contributed by atoms with Crippen molar-refractivity contribution >= 4 is 15.9 Å². The van der Waals surface area contributed by atoms with Crippen molar-refractivity contribution in [3.8, 4) is 0 Å². The number of aliphatic hydroxyl groups excluding tert-OH is 1. The maximum absolute atomic E-state index is 9.07. The van der Waals surface area contributed by atoms with Crippen LogP contribution in [0.4, 0.5) is 0 Å². The minimum absolute atomic E-state index is 0.169. The Bertz CT molecular complexity index is 549. The normalized spacial score (nSPS) is 10.9. The standard InChI is InChI=1S/C14H17BrN2O/c1-10-13(7-8-18)11(2)17(16-10)9-12-5-3-4-6-14(12)15/h3-6,18H,7-9H2,1-2H3. The van der Waals surface area contributed by atoms with Crippen molar-refractivity contribution in [3.63, 3.8) is 0 Å². The molecule has 0 aliphatic carbocycles. The van der Waals surface area contributed by atoms with E-state index in [1.54, 1.807) is 0 Å². The van der Waals surface area contributed by atoms with Crippen molar-refractivity contribution in [2.24, 2.45) is 0 Å². The molecule has 2 aromatic rings. The highest BCUT2D eigenvalue weighted by molar-refractivity contribution is 9.10. The third-order valence-electron chi connectivity index (χ3n) is 3.17. The first-order valence-corrected chi connectivity index (χ1v) is 6.80. The quantitative estimate of drug-likeness (QED) is 0.943. The Morgan fingerprint density at radius 1 is 1.28 bits per heavy atom. The Hall–Kier alpha value is -1.13. The molecule has 2 rings (SSSR count). The van der Waals surface area contributed by atoms with Gasteiger partial charge < -0.3 is 5.11 Å². The number of nitrogens with zero attached hydrogens (tertiary/aromatic N) is 2. The topological polar surface area (TPSA) is 38.0 Å². The van der Waals surface area contributed by atoms with Crippen LogP contribution in [0.3, 0.4) is 0 Å². The Labute approximate surface area is 116 Å². The second-order valence-corrected chi connectivity index (χ2v) is 5.23. The molecule has 0 aliphatic heterocycles. The molecule has 0 atom stereocenters. The van der Waals surface area contributed by atoms with E-state index in [2.05, 4.69) is 34.0 Å². The number of benzene rings is 1. The van der Waals surface area contributed by atoms with E-state index in [0.717, 1.165) is 28.0 Å². The minimum atomic E-state index is 0.169. The van der Waals surface area contributed by atoms with Gasteiger partial charge in [-0.1, -0.05) is 34.1 Å². The van der Waals surface area contributed by atoms with Crippen molar-refractivity contribution in [1.29, 1.82) is 0 Å². The van der Waals surface area contributed by atoms with Crippen LogP contribution in [0.2, 0.25) is 0 Å². The van der Waals surface area contributed by atoms with Gasteiger partial charge in [-0.2, -0.15) is 5.10 Å². The number of halogens is 1. The molecule has 0 bridgehead atoms. The van der Waals surface area contributed by atoms with E-state index in [-0.39, 0.29) is 6.61 Å². The van der Waals surface area contributed by atoms with Crippen molar-refractivity contribution in [3.05, 3.63) is 51.3 Å². The van der Waals surface area contributed by atoms with E-state index < -0.39 is 0 Å². The van der Waals surface area contributed by atoms with Gasteiger partial charge in [-0.25, -0.2) is 0 Å². The smallest absolute Gasteiger partial charge is 0.0673 e. The Kier molecular flexibility index (Phi) is 4.19. The summed E-state index contributed by atoms with van der Waals surface area (Å²) in [6.07, 6.45) is 0.674. The lowest BCUT2D eigenvalue weighted by Crippen LogP contribution is -2.05. The van der Waals surface area contributed by atoms with Crippen LogP contribution < -0.4 is 0 Å². The Morgan fingerprint density at radius 2 is 2.00 bits per heavy atom. The molecule has 0 saturated carbocycles. The van der Waals surface area contributed by atoms with E-state index in [1.165, 1.54) is 5.56 Å². The maximum atomic E-state index is 9.07. The molecular formula is C14H17BrN2O. The summed E-state index contributed by atoms with van der Waals surface area (Å²) in [5, 5.41) is 13.6. The summed E-state index contributed by atoms with van der Waals surface area (Å²) >= 11 is 3.55. The first kappa shape index (κ1) is 13.3. The van der Waals surface area contributed by atoms with E-state index in [1.807, 2.05) is 29.8 Å². The Balaban J connectivity index is 2.30. The number of aliphatic hydroxyl groups is 1. The van der Waals surface area contributed by atoms with Gasteiger partial charge in [0, 0.05) is 16.8 Å². The van der Waals surface area contributed by atoms with Crippen molar-refractivity contribution < 1.29 is 5.11 Å².